The summed E-state index contributed by atoms with van der Waals surface area (Å²) in [5, 5.41) is 4.18. The Hall–Kier alpha value is -2.38. The highest BCUT2D eigenvalue weighted by molar-refractivity contribution is 9.10. The van der Waals surface area contributed by atoms with E-state index in [1.807, 2.05) is 0 Å². The van der Waals surface area contributed by atoms with Crippen LogP contribution in [-0.2, 0) is 11.3 Å². The number of esters is 1. The highest BCUT2D eigenvalue weighted by Crippen LogP contribution is 2.23. The quantitative estimate of drug-likeness (QED) is 0.562. The van der Waals surface area contributed by atoms with Crippen LogP contribution in [0.3, 0.4) is 0 Å². The number of ether oxygens (including phenoxy) is 2. The first-order valence-corrected chi connectivity index (χ1v) is 8.33. The standard InChI is InChI=1S/C17H12BrClN2O4/c1-23-12-5-2-10(3-6-12)16-20-15(25-21-16)9-24-17(22)13-8-11(18)4-7-14(13)19/h2-8H,9H2,1H3. The third-order valence-electron chi connectivity index (χ3n) is 3.29. The molecule has 1 heterocycles. The molecule has 0 atom stereocenters. The number of methoxy groups -OCH3 is 1. The molecule has 0 unspecified atom stereocenters. The molecule has 2 aromatic carbocycles. The molecule has 1 aromatic heterocycles. The van der Waals surface area contributed by atoms with Crippen LogP contribution in [-0.4, -0.2) is 23.2 Å². The van der Waals surface area contributed by atoms with E-state index in [0.717, 1.165) is 15.8 Å². The van der Waals surface area contributed by atoms with Crippen LogP contribution in [0.4, 0.5) is 0 Å². The maximum atomic E-state index is 12.1. The van der Waals surface area contributed by atoms with E-state index in [-0.39, 0.29) is 18.1 Å². The molecule has 0 bridgehead atoms. The summed E-state index contributed by atoms with van der Waals surface area (Å²) in [6.45, 7) is -0.148. The maximum absolute atomic E-state index is 12.1. The Morgan fingerprint density at radius 2 is 2.00 bits per heavy atom. The molecule has 0 amide bonds. The minimum atomic E-state index is -0.574. The fourth-order valence-electron chi connectivity index (χ4n) is 2.03. The molecule has 0 aliphatic heterocycles. The van der Waals surface area contributed by atoms with Gasteiger partial charge in [0.15, 0.2) is 6.61 Å². The van der Waals surface area contributed by atoms with Crippen molar-refractivity contribution in [3.63, 3.8) is 0 Å². The van der Waals surface area contributed by atoms with Crippen molar-refractivity contribution < 1.29 is 18.8 Å². The summed E-state index contributed by atoms with van der Waals surface area (Å²) in [7, 11) is 1.59. The SMILES string of the molecule is COc1ccc(-c2noc(COC(=O)c3cc(Br)ccc3Cl)n2)cc1. The van der Waals surface area contributed by atoms with E-state index in [1.54, 1.807) is 49.6 Å². The summed E-state index contributed by atoms with van der Waals surface area (Å²) >= 11 is 9.28. The first-order chi connectivity index (χ1) is 12.1. The van der Waals surface area contributed by atoms with Gasteiger partial charge >= 0.3 is 5.97 Å². The summed E-state index contributed by atoms with van der Waals surface area (Å²) in [6, 6.07) is 12.1. The van der Waals surface area contributed by atoms with Crippen molar-refractivity contribution in [1.29, 1.82) is 0 Å². The molecular weight excluding hydrogens is 412 g/mol. The second kappa shape index (κ2) is 7.67. The smallest absolute Gasteiger partial charge is 0.340 e. The number of aromatic nitrogens is 2. The number of nitrogens with zero attached hydrogens (tertiary/aromatic N) is 2. The predicted octanol–water partition coefficient (Wildman–Crippen LogP) is 4.52. The van der Waals surface area contributed by atoms with E-state index in [0.29, 0.717) is 10.8 Å². The van der Waals surface area contributed by atoms with Crippen LogP contribution in [0.5, 0.6) is 5.75 Å². The third kappa shape index (κ3) is 4.18. The molecule has 6 nitrogen and oxygen atoms in total. The monoisotopic (exact) mass is 422 g/mol. The van der Waals surface area contributed by atoms with Gasteiger partial charge in [-0.15, -0.1) is 0 Å². The topological polar surface area (TPSA) is 74.5 Å². The van der Waals surface area contributed by atoms with Crippen molar-refractivity contribution in [2.24, 2.45) is 0 Å². The zero-order valence-electron chi connectivity index (χ0n) is 13.0. The van der Waals surface area contributed by atoms with Crippen LogP contribution in [0.15, 0.2) is 51.5 Å². The fourth-order valence-corrected chi connectivity index (χ4v) is 2.59. The van der Waals surface area contributed by atoms with Gasteiger partial charge in [0.25, 0.3) is 5.89 Å². The van der Waals surface area contributed by atoms with E-state index < -0.39 is 5.97 Å². The number of rotatable bonds is 5. The maximum Gasteiger partial charge on any atom is 0.340 e. The van der Waals surface area contributed by atoms with Crippen LogP contribution in [0.2, 0.25) is 5.02 Å². The number of hydrogen-bond acceptors (Lipinski definition) is 6. The minimum Gasteiger partial charge on any atom is -0.497 e. The largest absolute Gasteiger partial charge is 0.497 e. The number of carbonyl (C=O) groups excluding carboxylic acids is 1. The summed E-state index contributed by atoms with van der Waals surface area (Å²) < 4.78 is 16.1. The zero-order chi connectivity index (χ0) is 17.8. The second-order valence-electron chi connectivity index (χ2n) is 4.94. The molecule has 0 spiro atoms. The Labute approximate surface area is 156 Å². The zero-order valence-corrected chi connectivity index (χ0v) is 15.4. The Kier molecular flexibility index (Phi) is 5.35. The van der Waals surface area contributed by atoms with Gasteiger partial charge in [-0.1, -0.05) is 32.7 Å². The fraction of sp³-hybridized carbons (Fsp3) is 0.118. The Balaban J connectivity index is 1.67. The van der Waals surface area contributed by atoms with Gasteiger partial charge in [-0.25, -0.2) is 4.79 Å². The van der Waals surface area contributed by atoms with Crippen molar-refractivity contribution in [3.8, 4) is 17.1 Å². The summed E-state index contributed by atoms with van der Waals surface area (Å²) in [5.74, 6) is 0.738. The highest BCUT2D eigenvalue weighted by Gasteiger charge is 2.15. The summed E-state index contributed by atoms with van der Waals surface area (Å²) in [4.78, 5) is 16.3. The molecule has 128 valence electrons. The molecular formula is C17H12BrClN2O4. The van der Waals surface area contributed by atoms with E-state index in [1.165, 1.54) is 0 Å². The lowest BCUT2D eigenvalue weighted by atomic mass is 10.2. The van der Waals surface area contributed by atoms with E-state index in [9.17, 15) is 4.79 Å². The molecule has 0 aliphatic rings. The van der Waals surface area contributed by atoms with Crippen molar-refractivity contribution >= 4 is 33.5 Å². The molecule has 8 heteroatoms. The number of benzene rings is 2. The van der Waals surface area contributed by atoms with Gasteiger partial charge in [0.05, 0.1) is 17.7 Å². The lowest BCUT2D eigenvalue weighted by Crippen LogP contribution is -2.06. The average Bonchev–Trinajstić information content (AvgIpc) is 3.11. The van der Waals surface area contributed by atoms with Crippen LogP contribution in [0.1, 0.15) is 16.2 Å². The van der Waals surface area contributed by atoms with Gasteiger partial charge in [0, 0.05) is 10.0 Å². The predicted molar refractivity (Wildman–Crippen MR) is 94.6 cm³/mol. The van der Waals surface area contributed by atoms with Gasteiger partial charge in [0.1, 0.15) is 5.75 Å². The van der Waals surface area contributed by atoms with Gasteiger partial charge in [-0.2, -0.15) is 4.98 Å². The first-order valence-electron chi connectivity index (χ1n) is 7.16. The van der Waals surface area contributed by atoms with E-state index in [4.69, 9.17) is 25.6 Å². The van der Waals surface area contributed by atoms with Crippen molar-refractivity contribution in [2.75, 3.05) is 7.11 Å². The Morgan fingerprint density at radius 3 is 2.72 bits per heavy atom. The molecule has 0 aliphatic carbocycles. The summed E-state index contributed by atoms with van der Waals surface area (Å²) in [6.07, 6.45) is 0. The highest BCUT2D eigenvalue weighted by atomic mass is 79.9. The second-order valence-corrected chi connectivity index (χ2v) is 6.26. The lowest BCUT2D eigenvalue weighted by Gasteiger charge is -2.04. The molecule has 3 rings (SSSR count). The normalized spacial score (nSPS) is 10.5. The molecule has 0 saturated carbocycles. The van der Waals surface area contributed by atoms with Gasteiger partial charge in [-0.3, -0.25) is 0 Å². The van der Waals surface area contributed by atoms with Crippen LogP contribution < -0.4 is 4.74 Å². The van der Waals surface area contributed by atoms with Gasteiger partial charge in [0.2, 0.25) is 5.82 Å². The third-order valence-corrected chi connectivity index (χ3v) is 4.11. The average molecular weight is 424 g/mol. The lowest BCUT2D eigenvalue weighted by molar-refractivity contribution is 0.0430. The minimum absolute atomic E-state index is 0.148. The molecule has 25 heavy (non-hydrogen) atoms. The molecule has 0 N–H and O–H groups in total. The molecule has 0 radical (unpaired) electrons. The Morgan fingerprint density at radius 1 is 1.24 bits per heavy atom. The van der Waals surface area contributed by atoms with E-state index in [2.05, 4.69) is 26.1 Å². The van der Waals surface area contributed by atoms with Crippen LogP contribution in [0.25, 0.3) is 11.4 Å². The molecule has 0 saturated heterocycles. The van der Waals surface area contributed by atoms with Crippen molar-refractivity contribution in [2.45, 2.75) is 6.61 Å². The van der Waals surface area contributed by atoms with Crippen LogP contribution >= 0.6 is 27.5 Å². The first kappa shape index (κ1) is 17.4. The van der Waals surface area contributed by atoms with Crippen molar-refractivity contribution in [1.82, 2.24) is 10.1 Å². The van der Waals surface area contributed by atoms with E-state index >= 15 is 0 Å². The molecule has 3 aromatic rings. The number of carbonyl (C=O) groups is 1. The van der Waals surface area contributed by atoms with Gasteiger partial charge < -0.3 is 14.0 Å². The van der Waals surface area contributed by atoms with Crippen LogP contribution in [0, 0.1) is 0 Å². The van der Waals surface area contributed by atoms with Gasteiger partial charge in [-0.05, 0) is 42.5 Å². The summed E-state index contributed by atoms with van der Waals surface area (Å²) in [5.41, 5.74) is 1.02. The van der Waals surface area contributed by atoms with Crippen molar-refractivity contribution in [3.05, 3.63) is 63.4 Å². The number of halogens is 2. The molecule has 0 fully saturated rings. The Bertz CT molecular complexity index is 896. The number of hydrogen-bond donors (Lipinski definition) is 0.